The maximum Gasteiger partial charge on any atom is 0.119 e. The van der Waals surface area contributed by atoms with Crippen LogP contribution in [-0.2, 0) is 12.8 Å². The van der Waals surface area contributed by atoms with E-state index in [0.29, 0.717) is 0 Å². The van der Waals surface area contributed by atoms with Gasteiger partial charge < -0.3 is 4.74 Å². The lowest BCUT2D eigenvalue weighted by molar-refractivity contribution is 0.0810. The van der Waals surface area contributed by atoms with Crippen molar-refractivity contribution in [3.05, 3.63) is 41.5 Å². The smallest absolute Gasteiger partial charge is 0.119 e. The van der Waals surface area contributed by atoms with E-state index in [4.69, 9.17) is 4.74 Å². The molecule has 0 aliphatic heterocycles. The topological polar surface area (TPSA) is 9.23 Å². The van der Waals surface area contributed by atoms with Crippen molar-refractivity contribution >= 4 is 0 Å². The molecule has 0 spiro atoms. The second-order valence-corrected chi connectivity index (χ2v) is 10.2. The monoisotopic (exact) mass is 394 g/mol. The number of ether oxygens (including phenoxy) is 1. The van der Waals surface area contributed by atoms with E-state index in [1.807, 2.05) is 0 Å². The van der Waals surface area contributed by atoms with Gasteiger partial charge in [-0.05, 0) is 124 Å². The van der Waals surface area contributed by atoms with Crippen LogP contribution in [0.1, 0.15) is 89.2 Å². The van der Waals surface area contributed by atoms with Crippen LogP contribution in [0.5, 0.6) is 5.75 Å². The summed E-state index contributed by atoms with van der Waals surface area (Å²) in [7, 11) is 0. The maximum atomic E-state index is 6.00. The third-order valence-electron chi connectivity index (χ3n) is 8.29. The van der Waals surface area contributed by atoms with Crippen LogP contribution in [0.15, 0.2) is 30.4 Å². The molecule has 1 heteroatoms. The zero-order valence-corrected chi connectivity index (χ0v) is 18.9. The fourth-order valence-corrected chi connectivity index (χ4v) is 6.63. The van der Waals surface area contributed by atoms with Crippen LogP contribution < -0.4 is 4.74 Å². The number of hydrogen-bond donors (Lipinski definition) is 0. The molecule has 1 aromatic rings. The van der Waals surface area contributed by atoms with Gasteiger partial charge in [0.15, 0.2) is 0 Å². The number of aryl methyl sites for hydroxylation is 1. The molecule has 3 aliphatic rings. The first kappa shape index (κ1) is 21.0. The molecule has 0 saturated heterocycles. The minimum atomic E-state index is 0.870. The summed E-state index contributed by atoms with van der Waals surface area (Å²) in [5, 5.41) is 0. The van der Waals surface area contributed by atoms with E-state index in [-0.39, 0.29) is 0 Å². The average molecular weight is 395 g/mol. The highest BCUT2D eigenvalue weighted by Gasteiger charge is 2.38. The average Bonchev–Trinajstić information content (AvgIpc) is 2.76. The minimum Gasteiger partial charge on any atom is -0.494 e. The number of hydrogen-bond acceptors (Lipinski definition) is 1. The summed E-state index contributed by atoms with van der Waals surface area (Å²) >= 11 is 0. The van der Waals surface area contributed by atoms with Crippen molar-refractivity contribution in [1.29, 1.82) is 0 Å². The highest BCUT2D eigenvalue weighted by Crippen LogP contribution is 2.48. The van der Waals surface area contributed by atoms with Gasteiger partial charge in [-0.1, -0.05) is 38.0 Å². The van der Waals surface area contributed by atoms with Crippen molar-refractivity contribution in [3.8, 4) is 5.75 Å². The number of unbranched alkanes of at least 4 members (excludes halogenated alkanes) is 2. The molecule has 0 radical (unpaired) electrons. The van der Waals surface area contributed by atoms with E-state index < -0.39 is 0 Å². The van der Waals surface area contributed by atoms with Crippen LogP contribution in [0, 0.1) is 29.6 Å². The molecule has 0 N–H and O–H groups in total. The molecule has 4 rings (SSSR count). The zero-order chi connectivity index (χ0) is 20.1. The van der Waals surface area contributed by atoms with E-state index in [0.717, 1.165) is 41.9 Å². The van der Waals surface area contributed by atoms with Gasteiger partial charge in [0.1, 0.15) is 5.75 Å². The van der Waals surface area contributed by atoms with Crippen LogP contribution in [-0.4, -0.2) is 6.61 Å². The number of benzene rings is 1. The first-order valence-electron chi connectivity index (χ1n) is 12.6. The SMILES string of the molecule is CC=C[C@@H]1CC[C@@H]2CC(C3CCc4cc(OCCCCC)ccc4C3)CC[C@@H]2C1. The Morgan fingerprint density at radius 2 is 1.69 bits per heavy atom. The lowest BCUT2D eigenvalue weighted by atomic mass is 9.61. The fraction of sp³-hybridized carbons (Fsp3) is 0.714. The molecule has 2 saturated carbocycles. The van der Waals surface area contributed by atoms with Crippen LogP contribution >= 0.6 is 0 Å². The highest BCUT2D eigenvalue weighted by molar-refractivity contribution is 5.37. The van der Waals surface area contributed by atoms with Crippen molar-refractivity contribution in [3.63, 3.8) is 0 Å². The summed E-state index contributed by atoms with van der Waals surface area (Å²) < 4.78 is 6.00. The summed E-state index contributed by atoms with van der Waals surface area (Å²) in [4.78, 5) is 0. The molecule has 160 valence electrons. The Hall–Kier alpha value is -1.24. The predicted molar refractivity (Wildman–Crippen MR) is 123 cm³/mol. The third-order valence-corrected chi connectivity index (χ3v) is 8.29. The Kier molecular flexibility index (Phi) is 7.38. The van der Waals surface area contributed by atoms with Gasteiger partial charge in [-0.25, -0.2) is 0 Å². The first-order chi connectivity index (χ1) is 14.3. The number of rotatable bonds is 7. The Morgan fingerprint density at radius 1 is 0.897 bits per heavy atom. The number of fused-ring (bicyclic) bond motifs is 2. The molecule has 1 aromatic carbocycles. The van der Waals surface area contributed by atoms with Crippen LogP contribution in [0.25, 0.3) is 0 Å². The molecule has 2 unspecified atom stereocenters. The molecule has 0 amide bonds. The van der Waals surface area contributed by atoms with Crippen molar-refractivity contribution < 1.29 is 4.74 Å². The zero-order valence-electron chi connectivity index (χ0n) is 18.9. The van der Waals surface area contributed by atoms with Gasteiger partial charge >= 0.3 is 0 Å². The second kappa shape index (κ2) is 10.2. The first-order valence-corrected chi connectivity index (χ1v) is 12.6. The van der Waals surface area contributed by atoms with E-state index in [1.165, 1.54) is 77.0 Å². The van der Waals surface area contributed by atoms with Gasteiger partial charge in [-0.2, -0.15) is 0 Å². The van der Waals surface area contributed by atoms with E-state index >= 15 is 0 Å². The molecule has 3 aliphatic carbocycles. The fourth-order valence-electron chi connectivity index (χ4n) is 6.63. The molecular formula is C28H42O. The van der Waals surface area contributed by atoms with Crippen molar-refractivity contribution in [2.75, 3.05) is 6.61 Å². The Bertz CT molecular complexity index is 675. The summed E-state index contributed by atoms with van der Waals surface area (Å²) in [6.07, 6.45) is 21.3. The van der Waals surface area contributed by atoms with Crippen molar-refractivity contribution in [1.82, 2.24) is 0 Å². The summed E-state index contributed by atoms with van der Waals surface area (Å²) in [6.45, 7) is 5.30. The minimum absolute atomic E-state index is 0.870. The van der Waals surface area contributed by atoms with Crippen LogP contribution in [0.4, 0.5) is 0 Å². The second-order valence-electron chi connectivity index (χ2n) is 10.2. The predicted octanol–water partition coefficient (Wildman–Crippen LogP) is 7.77. The number of allylic oxidation sites excluding steroid dienone is 2. The summed E-state index contributed by atoms with van der Waals surface area (Å²) in [5.74, 6) is 5.91. The van der Waals surface area contributed by atoms with E-state index in [9.17, 15) is 0 Å². The normalized spacial score (nSPS) is 32.0. The standard InChI is InChI=1S/C28H42O/c1-3-5-6-16-29-28-15-14-26-19-25(12-13-27(26)20-28)24-11-10-22-17-21(7-4-2)8-9-23(22)18-24/h4,7,14-15,20-25H,3,5-6,8-13,16-19H2,1-2H3/t21-,22-,23-,24?,25?/m1/s1. The quantitative estimate of drug-likeness (QED) is 0.339. The molecule has 0 bridgehead atoms. The van der Waals surface area contributed by atoms with Crippen LogP contribution in [0.3, 0.4) is 0 Å². The van der Waals surface area contributed by atoms with Gasteiger partial charge in [-0.15, -0.1) is 0 Å². The molecule has 2 fully saturated rings. The van der Waals surface area contributed by atoms with E-state index in [2.05, 4.69) is 44.2 Å². The molecule has 0 heterocycles. The van der Waals surface area contributed by atoms with Crippen molar-refractivity contribution in [2.45, 2.75) is 90.9 Å². The molecule has 1 nitrogen and oxygen atoms in total. The van der Waals surface area contributed by atoms with Gasteiger partial charge in [0, 0.05) is 0 Å². The third kappa shape index (κ3) is 5.28. The Morgan fingerprint density at radius 3 is 2.52 bits per heavy atom. The lowest BCUT2D eigenvalue weighted by Gasteiger charge is -2.44. The van der Waals surface area contributed by atoms with Gasteiger partial charge in [0.05, 0.1) is 6.61 Å². The van der Waals surface area contributed by atoms with Gasteiger partial charge in [-0.3, -0.25) is 0 Å². The maximum absolute atomic E-state index is 6.00. The summed E-state index contributed by atoms with van der Waals surface area (Å²) in [5.41, 5.74) is 3.18. The molecule has 29 heavy (non-hydrogen) atoms. The molecule has 5 atom stereocenters. The molecular weight excluding hydrogens is 352 g/mol. The van der Waals surface area contributed by atoms with E-state index in [1.54, 1.807) is 11.1 Å². The lowest BCUT2D eigenvalue weighted by Crippen LogP contribution is -2.34. The Balaban J connectivity index is 1.30. The van der Waals surface area contributed by atoms with Gasteiger partial charge in [0.25, 0.3) is 0 Å². The molecule has 0 aromatic heterocycles. The highest BCUT2D eigenvalue weighted by atomic mass is 16.5. The Labute approximate surface area is 179 Å². The van der Waals surface area contributed by atoms with Crippen molar-refractivity contribution in [2.24, 2.45) is 29.6 Å². The van der Waals surface area contributed by atoms with Gasteiger partial charge in [0.2, 0.25) is 0 Å². The van der Waals surface area contributed by atoms with Crippen LogP contribution in [0.2, 0.25) is 0 Å². The largest absolute Gasteiger partial charge is 0.494 e. The summed E-state index contributed by atoms with van der Waals surface area (Å²) in [6, 6.07) is 6.95.